The van der Waals surface area contributed by atoms with Crippen molar-refractivity contribution in [1.82, 2.24) is 15.5 Å². The summed E-state index contributed by atoms with van der Waals surface area (Å²) in [4.78, 5) is 19.9. The summed E-state index contributed by atoms with van der Waals surface area (Å²) in [5.74, 6) is 0.908. The number of amides is 2. The molecule has 0 aliphatic carbocycles. The number of carbonyl (C=O) groups is 1. The maximum Gasteiger partial charge on any atom is 0.326 e. The van der Waals surface area contributed by atoms with Gasteiger partial charge in [-0.15, -0.1) is 0 Å². The molecule has 1 atom stereocenters. The number of benzene rings is 3. The van der Waals surface area contributed by atoms with Gasteiger partial charge in [-0.3, -0.25) is 4.90 Å². The summed E-state index contributed by atoms with van der Waals surface area (Å²) in [7, 11) is 0. The van der Waals surface area contributed by atoms with Gasteiger partial charge in [0.25, 0.3) is 5.89 Å². The summed E-state index contributed by atoms with van der Waals surface area (Å²) >= 11 is 0. The number of carbonyl (C=O) groups excluding carboxylic acids is 1. The zero-order valence-corrected chi connectivity index (χ0v) is 21.3. The molecule has 0 fully saturated rings. The third-order valence-corrected chi connectivity index (χ3v) is 6.89. The largest absolute Gasteiger partial charge is 0.334 e. The second kappa shape index (κ2) is 9.46. The zero-order valence-electron chi connectivity index (χ0n) is 21.3. The predicted octanol–water partition coefficient (Wildman–Crippen LogP) is 6.93. The summed E-state index contributed by atoms with van der Waals surface area (Å²) in [6.07, 6.45) is 0.948. The lowest BCUT2D eigenvalue weighted by Gasteiger charge is -2.35. The minimum Gasteiger partial charge on any atom is -0.334 e. The van der Waals surface area contributed by atoms with Crippen LogP contribution in [-0.4, -0.2) is 16.2 Å². The average Bonchev–Trinajstić information content (AvgIpc) is 3.36. The van der Waals surface area contributed by atoms with Gasteiger partial charge in [0.2, 0.25) is 5.82 Å². The molecule has 36 heavy (non-hydrogen) atoms. The van der Waals surface area contributed by atoms with Crippen molar-refractivity contribution in [2.45, 2.75) is 47.1 Å². The van der Waals surface area contributed by atoms with Gasteiger partial charge in [-0.25, -0.2) is 4.79 Å². The number of hydrogen-bond acceptors (Lipinski definition) is 4. The number of urea groups is 1. The molecule has 0 saturated carbocycles. The van der Waals surface area contributed by atoms with Crippen molar-refractivity contribution in [3.63, 3.8) is 0 Å². The number of aromatic nitrogens is 2. The minimum atomic E-state index is -0.419. The van der Waals surface area contributed by atoms with Crippen molar-refractivity contribution in [1.29, 1.82) is 0 Å². The molecule has 0 bridgehead atoms. The van der Waals surface area contributed by atoms with Crippen molar-refractivity contribution in [3.05, 3.63) is 106 Å². The van der Waals surface area contributed by atoms with E-state index in [1.54, 1.807) is 4.90 Å². The quantitative estimate of drug-likeness (QED) is 0.338. The van der Waals surface area contributed by atoms with Crippen LogP contribution in [0.15, 0.2) is 77.0 Å². The van der Waals surface area contributed by atoms with E-state index in [1.165, 1.54) is 11.1 Å². The fourth-order valence-corrected chi connectivity index (χ4v) is 4.63. The molecule has 1 aliphatic rings. The van der Waals surface area contributed by atoms with Crippen molar-refractivity contribution in [3.8, 4) is 11.4 Å². The van der Waals surface area contributed by atoms with Crippen LogP contribution >= 0.6 is 0 Å². The van der Waals surface area contributed by atoms with Crippen molar-refractivity contribution < 1.29 is 9.32 Å². The zero-order chi connectivity index (χ0) is 25.4. The highest BCUT2D eigenvalue weighted by Crippen LogP contribution is 2.39. The molecule has 2 heterocycles. The number of nitrogens with one attached hydrogen (secondary N) is 1. The van der Waals surface area contributed by atoms with Crippen molar-refractivity contribution in [2.75, 3.05) is 4.90 Å². The normalized spacial score (nSPS) is 15.9. The fourth-order valence-electron chi connectivity index (χ4n) is 4.63. The predicted molar refractivity (Wildman–Crippen MR) is 143 cm³/mol. The molecular weight excluding hydrogens is 448 g/mol. The Kier molecular flexibility index (Phi) is 6.18. The standard InChI is InChI=1S/C30H30N4O2/c1-6-22-11-13-23(14-12-22)27-26(29-32-28(33-36-29)24-9-7-8-18(2)16-24)21(5)34(30(35)31-27)25-15-10-19(3)20(4)17-25/h7-17,27H,6H2,1-5H3,(H,31,35). The van der Waals surface area contributed by atoms with Gasteiger partial charge in [0.1, 0.15) is 0 Å². The summed E-state index contributed by atoms with van der Waals surface area (Å²) in [5, 5.41) is 7.47. The monoisotopic (exact) mass is 478 g/mol. The van der Waals surface area contributed by atoms with Gasteiger partial charge in [-0.05, 0) is 74.6 Å². The first-order valence-corrected chi connectivity index (χ1v) is 12.2. The molecule has 182 valence electrons. The van der Waals surface area contributed by atoms with Crippen LogP contribution in [0.1, 0.15) is 53.6 Å². The smallest absolute Gasteiger partial charge is 0.326 e. The van der Waals surface area contributed by atoms with Gasteiger partial charge in [-0.1, -0.05) is 66.2 Å². The molecule has 2 amide bonds. The Bertz CT molecular complexity index is 1470. The minimum absolute atomic E-state index is 0.192. The molecule has 5 rings (SSSR count). The Morgan fingerprint density at radius 1 is 0.944 bits per heavy atom. The Labute approximate surface area is 211 Å². The van der Waals surface area contributed by atoms with Crippen LogP contribution in [0.2, 0.25) is 0 Å². The molecule has 1 N–H and O–H groups in total. The first kappa shape index (κ1) is 23.5. The van der Waals surface area contributed by atoms with E-state index in [2.05, 4.69) is 48.6 Å². The molecule has 1 aromatic heterocycles. The first-order valence-electron chi connectivity index (χ1n) is 12.2. The highest BCUT2D eigenvalue weighted by molar-refractivity contribution is 6.01. The number of hydrogen-bond donors (Lipinski definition) is 1. The van der Waals surface area contributed by atoms with Gasteiger partial charge in [0, 0.05) is 11.3 Å². The van der Waals surface area contributed by atoms with E-state index in [0.717, 1.165) is 45.6 Å². The van der Waals surface area contributed by atoms with Crippen molar-refractivity contribution >= 4 is 17.3 Å². The van der Waals surface area contributed by atoms with E-state index in [-0.39, 0.29) is 6.03 Å². The topological polar surface area (TPSA) is 71.3 Å². The average molecular weight is 479 g/mol. The Balaban J connectivity index is 1.65. The molecule has 0 saturated heterocycles. The van der Waals surface area contributed by atoms with E-state index in [9.17, 15) is 4.79 Å². The van der Waals surface area contributed by atoms with Crippen LogP contribution in [0.5, 0.6) is 0 Å². The summed E-state index contributed by atoms with van der Waals surface area (Å²) < 4.78 is 5.83. The Morgan fingerprint density at radius 2 is 1.72 bits per heavy atom. The molecule has 4 aromatic rings. The highest BCUT2D eigenvalue weighted by atomic mass is 16.5. The van der Waals surface area contributed by atoms with Gasteiger partial charge in [0.05, 0.1) is 17.3 Å². The SMILES string of the molecule is CCc1ccc(C2NC(=O)N(c3ccc(C)c(C)c3)C(C)=C2c2nc(-c3cccc(C)c3)no2)cc1. The molecule has 3 aromatic carbocycles. The molecule has 0 spiro atoms. The van der Waals surface area contributed by atoms with E-state index in [1.807, 2.05) is 63.2 Å². The fraction of sp³-hybridized carbons (Fsp3) is 0.233. The third kappa shape index (κ3) is 4.31. The van der Waals surface area contributed by atoms with Crippen LogP contribution in [-0.2, 0) is 6.42 Å². The maximum atomic E-state index is 13.5. The van der Waals surface area contributed by atoms with E-state index < -0.39 is 6.04 Å². The lowest BCUT2D eigenvalue weighted by molar-refractivity contribution is 0.244. The van der Waals surface area contributed by atoms with Gasteiger partial charge in [-0.2, -0.15) is 4.98 Å². The van der Waals surface area contributed by atoms with Crippen LogP contribution in [0.3, 0.4) is 0 Å². The van der Waals surface area contributed by atoms with Gasteiger partial charge in [0.15, 0.2) is 0 Å². The lowest BCUT2D eigenvalue weighted by atomic mass is 9.93. The summed E-state index contributed by atoms with van der Waals surface area (Å²) in [5.41, 5.74) is 8.83. The number of allylic oxidation sites excluding steroid dienone is 1. The first-order chi connectivity index (χ1) is 17.4. The van der Waals surface area contributed by atoms with Gasteiger partial charge < -0.3 is 9.84 Å². The van der Waals surface area contributed by atoms with Crippen LogP contribution < -0.4 is 10.2 Å². The van der Waals surface area contributed by atoms with Gasteiger partial charge >= 0.3 is 6.03 Å². The van der Waals surface area contributed by atoms with E-state index in [0.29, 0.717) is 11.7 Å². The summed E-state index contributed by atoms with van der Waals surface area (Å²) in [6, 6.07) is 21.7. The molecule has 1 aliphatic heterocycles. The van der Waals surface area contributed by atoms with E-state index in [4.69, 9.17) is 9.51 Å². The highest BCUT2D eigenvalue weighted by Gasteiger charge is 2.36. The summed E-state index contributed by atoms with van der Waals surface area (Å²) in [6.45, 7) is 10.2. The second-order valence-electron chi connectivity index (χ2n) is 9.37. The van der Waals surface area contributed by atoms with E-state index >= 15 is 0 Å². The van der Waals surface area contributed by atoms with Crippen molar-refractivity contribution in [2.24, 2.45) is 0 Å². The lowest BCUT2D eigenvalue weighted by Crippen LogP contribution is -2.46. The molecule has 6 nitrogen and oxygen atoms in total. The van der Waals surface area contributed by atoms with Crippen LogP contribution in [0, 0.1) is 20.8 Å². The second-order valence-corrected chi connectivity index (χ2v) is 9.37. The Morgan fingerprint density at radius 3 is 2.42 bits per heavy atom. The number of anilines is 1. The molecule has 6 heteroatoms. The number of rotatable bonds is 5. The van der Waals surface area contributed by atoms with Crippen LogP contribution in [0.4, 0.5) is 10.5 Å². The Hall–Kier alpha value is -4.19. The number of aryl methyl sites for hydroxylation is 4. The maximum absolute atomic E-state index is 13.5. The van der Waals surface area contributed by atoms with Crippen LogP contribution in [0.25, 0.3) is 17.0 Å². The molecule has 0 radical (unpaired) electrons. The molecular formula is C30H30N4O2. The number of nitrogens with zero attached hydrogens (tertiary/aromatic N) is 3. The third-order valence-electron chi connectivity index (χ3n) is 6.89. The molecule has 1 unspecified atom stereocenters.